The Kier molecular flexibility index (Phi) is 7.00. The second-order valence-electron chi connectivity index (χ2n) is 9.21. The highest BCUT2D eigenvalue weighted by atomic mass is 35.5. The van der Waals surface area contributed by atoms with E-state index in [-0.39, 0.29) is 41.7 Å². The van der Waals surface area contributed by atoms with Crippen molar-refractivity contribution in [3.05, 3.63) is 47.4 Å². The number of sulfonamides is 1. The van der Waals surface area contributed by atoms with Crippen molar-refractivity contribution in [2.24, 2.45) is 0 Å². The van der Waals surface area contributed by atoms with E-state index in [0.717, 1.165) is 33.2 Å². The van der Waals surface area contributed by atoms with Crippen molar-refractivity contribution in [3.63, 3.8) is 0 Å². The molecule has 1 aromatic carbocycles. The number of carboxylic acids is 1. The van der Waals surface area contributed by atoms with Crippen LogP contribution in [0, 0.1) is 0 Å². The van der Waals surface area contributed by atoms with Gasteiger partial charge in [0, 0.05) is 48.7 Å². The fourth-order valence-corrected chi connectivity index (χ4v) is 7.27. The van der Waals surface area contributed by atoms with Crippen LogP contribution in [-0.2, 0) is 26.0 Å². The first-order valence-corrected chi connectivity index (χ1v) is 14.3. The zero-order chi connectivity index (χ0) is 27.2. The van der Waals surface area contributed by atoms with Crippen LogP contribution in [0.25, 0.3) is 10.8 Å². The van der Waals surface area contributed by atoms with Gasteiger partial charge in [0.05, 0.1) is 12.7 Å². The third kappa shape index (κ3) is 5.30. The molecule has 0 spiro atoms. The number of benzene rings is 1. The van der Waals surface area contributed by atoms with Crippen molar-refractivity contribution in [2.75, 3.05) is 24.5 Å². The molecular weight excluding hydrogens is 564 g/mol. The van der Waals surface area contributed by atoms with Crippen LogP contribution < -0.4 is 9.62 Å². The van der Waals surface area contributed by atoms with Gasteiger partial charge in [-0.2, -0.15) is 4.72 Å². The Labute approximate surface area is 225 Å². The number of hydrogen-bond donors (Lipinski definition) is 2. The normalized spacial score (nSPS) is 20.4. The number of carboxylic acid groups (broad SMARTS) is 1. The van der Waals surface area contributed by atoms with Crippen LogP contribution in [0.4, 0.5) is 13.9 Å². The number of nitrogens with one attached hydrogen (secondary N) is 1. The molecule has 2 aliphatic rings. The van der Waals surface area contributed by atoms with E-state index in [1.165, 1.54) is 4.90 Å². The molecule has 1 amide bonds. The lowest BCUT2D eigenvalue weighted by Gasteiger charge is -2.25. The van der Waals surface area contributed by atoms with Crippen molar-refractivity contribution in [1.82, 2.24) is 19.6 Å². The fraction of sp³-hybridized carbons (Fsp3) is 0.391. The lowest BCUT2D eigenvalue weighted by Crippen LogP contribution is -2.48. The number of carbonyl (C=O) groups is 2. The minimum atomic E-state index is -4.20. The lowest BCUT2D eigenvalue weighted by molar-refractivity contribution is -0.148. The topological polar surface area (TPSA) is 133 Å². The first kappa shape index (κ1) is 26.7. The largest absolute Gasteiger partial charge is 0.480 e. The van der Waals surface area contributed by atoms with Gasteiger partial charge in [-0.3, -0.25) is 9.78 Å². The number of amides is 1. The average Bonchev–Trinajstić information content (AvgIpc) is 3.57. The average molecular weight is 586 g/mol. The molecule has 5 rings (SSSR count). The van der Waals surface area contributed by atoms with Gasteiger partial charge >= 0.3 is 5.97 Å². The fourth-order valence-electron chi connectivity index (χ4n) is 4.64. The molecule has 10 nitrogen and oxygen atoms in total. The van der Waals surface area contributed by atoms with E-state index in [4.69, 9.17) is 11.6 Å². The van der Waals surface area contributed by atoms with Gasteiger partial charge in [0.25, 0.3) is 15.9 Å². The van der Waals surface area contributed by atoms with Crippen LogP contribution in [0.2, 0.25) is 5.02 Å². The zero-order valence-electron chi connectivity index (χ0n) is 19.7. The summed E-state index contributed by atoms with van der Waals surface area (Å²) in [7, 11) is -4.20. The molecule has 2 saturated heterocycles. The molecule has 4 heterocycles. The molecule has 202 valence electrons. The molecule has 3 aromatic rings. The predicted molar refractivity (Wildman–Crippen MR) is 136 cm³/mol. The maximum Gasteiger partial charge on any atom is 0.326 e. The van der Waals surface area contributed by atoms with Crippen molar-refractivity contribution >= 4 is 60.7 Å². The number of hydrogen-bond acceptors (Lipinski definition) is 8. The molecule has 2 fully saturated rings. The van der Waals surface area contributed by atoms with Crippen molar-refractivity contribution in [3.8, 4) is 0 Å². The molecule has 38 heavy (non-hydrogen) atoms. The van der Waals surface area contributed by atoms with Crippen molar-refractivity contribution in [2.45, 2.75) is 41.5 Å². The van der Waals surface area contributed by atoms with Crippen molar-refractivity contribution < 1.29 is 31.9 Å². The zero-order valence-corrected chi connectivity index (χ0v) is 22.1. The van der Waals surface area contributed by atoms with E-state index in [0.29, 0.717) is 10.6 Å². The third-order valence-electron chi connectivity index (χ3n) is 6.59. The molecular formula is C23H22ClF2N5O5S2. The highest BCUT2D eigenvalue weighted by molar-refractivity contribution is 7.91. The summed E-state index contributed by atoms with van der Waals surface area (Å²) >= 11 is 7.11. The molecule has 2 aromatic heterocycles. The Morgan fingerprint density at radius 1 is 1.29 bits per heavy atom. The molecule has 0 radical (unpaired) electrons. The standard InChI is InChI=1S/C23H22ClF2N5O5S2/c24-16-8-15-10-27-4-1-13(15)7-14(16)9-18(21(33)34)31-5-2-17(20(31)32)29-38(35,36)19-11-28-22(37-19)30-6-3-23(25,26)12-30/h1,4,7-8,10-11,17-18,29H,2-3,5-6,9,12H2,(H,33,34). The quantitative estimate of drug-likeness (QED) is 0.412. The van der Waals surface area contributed by atoms with Crippen LogP contribution in [0.5, 0.6) is 0 Å². The highest BCUT2D eigenvalue weighted by Gasteiger charge is 2.42. The van der Waals surface area contributed by atoms with Crippen LogP contribution in [0.3, 0.4) is 0 Å². The second kappa shape index (κ2) is 9.98. The summed E-state index contributed by atoms with van der Waals surface area (Å²) in [5.74, 6) is -4.79. The Hall–Kier alpha value is -2.94. The van der Waals surface area contributed by atoms with E-state index in [1.54, 1.807) is 30.6 Å². The summed E-state index contributed by atoms with van der Waals surface area (Å²) in [5, 5.41) is 12.0. The summed E-state index contributed by atoms with van der Waals surface area (Å²) in [6.45, 7) is -0.467. The van der Waals surface area contributed by atoms with Crippen LogP contribution in [0.1, 0.15) is 18.4 Å². The Balaban J connectivity index is 1.30. The minimum Gasteiger partial charge on any atom is -0.480 e. The number of anilines is 1. The number of halogens is 3. The van der Waals surface area contributed by atoms with Crippen LogP contribution >= 0.6 is 22.9 Å². The van der Waals surface area contributed by atoms with Gasteiger partial charge in [-0.05, 0) is 35.6 Å². The number of alkyl halides is 2. The van der Waals surface area contributed by atoms with Crippen LogP contribution in [0.15, 0.2) is 41.0 Å². The Morgan fingerprint density at radius 3 is 2.79 bits per heavy atom. The first-order valence-electron chi connectivity index (χ1n) is 11.6. The molecule has 0 aliphatic carbocycles. The monoisotopic (exact) mass is 585 g/mol. The second-order valence-corrected chi connectivity index (χ2v) is 12.6. The SMILES string of the molecule is O=C(O)C(Cc1cc2ccncc2cc1Cl)N1CCC(NS(=O)(=O)c2cnc(N3CCC(F)(F)C3)s2)C1=O. The van der Waals surface area contributed by atoms with Crippen LogP contribution in [-0.4, -0.2) is 77.9 Å². The van der Waals surface area contributed by atoms with Gasteiger partial charge in [-0.25, -0.2) is 27.0 Å². The van der Waals surface area contributed by atoms with Crippen molar-refractivity contribution in [1.29, 1.82) is 0 Å². The number of rotatable bonds is 8. The molecule has 0 saturated carbocycles. The summed E-state index contributed by atoms with van der Waals surface area (Å²) in [6, 6.07) is 2.74. The van der Waals surface area contributed by atoms with E-state index < -0.39 is 46.5 Å². The lowest BCUT2D eigenvalue weighted by atomic mass is 10.0. The molecule has 15 heteroatoms. The van der Waals surface area contributed by atoms with Gasteiger partial charge in [0.1, 0.15) is 12.1 Å². The van der Waals surface area contributed by atoms with Gasteiger partial charge < -0.3 is 14.9 Å². The highest BCUT2D eigenvalue weighted by Crippen LogP contribution is 2.34. The van der Waals surface area contributed by atoms with E-state index in [1.807, 2.05) is 0 Å². The number of fused-ring (bicyclic) bond motifs is 1. The number of aromatic nitrogens is 2. The number of aliphatic carboxylic acids is 1. The minimum absolute atomic E-state index is 0.0227. The molecule has 2 unspecified atom stereocenters. The molecule has 2 N–H and O–H groups in total. The van der Waals surface area contributed by atoms with E-state index >= 15 is 0 Å². The Morgan fingerprint density at radius 2 is 2.08 bits per heavy atom. The van der Waals surface area contributed by atoms with Gasteiger partial charge in [0.2, 0.25) is 5.91 Å². The van der Waals surface area contributed by atoms with E-state index in [2.05, 4.69) is 14.7 Å². The summed E-state index contributed by atoms with van der Waals surface area (Å²) in [4.78, 5) is 35.7. The summed E-state index contributed by atoms with van der Waals surface area (Å²) < 4.78 is 55.1. The molecule has 0 bridgehead atoms. The maximum absolute atomic E-state index is 13.5. The van der Waals surface area contributed by atoms with Gasteiger partial charge in [-0.1, -0.05) is 22.9 Å². The molecule has 2 atom stereocenters. The molecule has 2 aliphatic heterocycles. The maximum atomic E-state index is 13.5. The third-order valence-corrected chi connectivity index (χ3v) is 9.94. The van der Waals surface area contributed by atoms with Gasteiger partial charge in [-0.15, -0.1) is 0 Å². The summed E-state index contributed by atoms with van der Waals surface area (Å²) in [5.41, 5.74) is 0.527. The summed E-state index contributed by atoms with van der Waals surface area (Å²) in [6.07, 6.45) is 3.94. The van der Waals surface area contributed by atoms with Gasteiger partial charge in [0.15, 0.2) is 9.34 Å². The Bertz CT molecular complexity index is 1520. The first-order chi connectivity index (χ1) is 17.9. The number of thiazole rings is 1. The number of likely N-dealkylation sites (tertiary alicyclic amines) is 1. The number of nitrogens with zero attached hydrogens (tertiary/aromatic N) is 4. The van der Waals surface area contributed by atoms with E-state index in [9.17, 15) is 31.9 Å². The predicted octanol–water partition coefficient (Wildman–Crippen LogP) is 2.77. The number of carbonyl (C=O) groups excluding carboxylic acids is 1. The number of pyridine rings is 1. The smallest absolute Gasteiger partial charge is 0.326 e.